The molecule has 158 valence electrons. The molecule has 5 aromatic rings. The molecule has 0 spiro atoms. The van der Waals surface area contributed by atoms with Crippen molar-refractivity contribution in [3.8, 4) is 22.5 Å². The van der Waals surface area contributed by atoms with Crippen molar-refractivity contribution in [3.63, 3.8) is 0 Å². The number of rotatable bonds is 2. The van der Waals surface area contributed by atoms with Gasteiger partial charge in [-0.3, -0.25) is 0 Å². The second-order valence-corrected chi connectivity index (χ2v) is 9.11. The highest BCUT2D eigenvalue weighted by molar-refractivity contribution is 5.81. The number of aromatic nitrogens is 2. The van der Waals surface area contributed by atoms with Gasteiger partial charge in [0.15, 0.2) is 0 Å². The van der Waals surface area contributed by atoms with E-state index < -0.39 is 0 Å². The maximum atomic E-state index is 3.87. The van der Waals surface area contributed by atoms with Crippen molar-refractivity contribution >= 4 is 0 Å². The topological polar surface area (TPSA) is 8.81 Å². The minimum absolute atomic E-state index is 0.234. The highest BCUT2D eigenvalue weighted by Gasteiger charge is 2.34. The molecule has 2 nitrogen and oxygen atoms in total. The Labute approximate surface area is 194 Å². The van der Waals surface area contributed by atoms with Crippen LogP contribution >= 0.6 is 0 Å². The third-order valence-corrected chi connectivity index (χ3v) is 7.29. The summed E-state index contributed by atoms with van der Waals surface area (Å²) >= 11 is 0. The van der Waals surface area contributed by atoms with E-state index in [2.05, 4.69) is 125 Å². The Bertz CT molecular complexity index is 1350. The average Bonchev–Trinajstić information content (AvgIpc) is 3.30. The van der Waals surface area contributed by atoms with E-state index in [-0.39, 0.29) is 12.1 Å². The molecule has 0 bridgehead atoms. The average molecular weight is 425 g/mol. The van der Waals surface area contributed by atoms with Crippen molar-refractivity contribution in [2.45, 2.75) is 24.9 Å². The van der Waals surface area contributed by atoms with Crippen molar-refractivity contribution < 1.29 is 4.57 Å². The van der Waals surface area contributed by atoms with E-state index in [0.29, 0.717) is 0 Å². The summed E-state index contributed by atoms with van der Waals surface area (Å²) in [6, 6.07) is 40.1. The Morgan fingerprint density at radius 1 is 0.606 bits per heavy atom. The van der Waals surface area contributed by atoms with Gasteiger partial charge in [-0.25, -0.2) is 0 Å². The van der Waals surface area contributed by atoms with Crippen LogP contribution in [-0.4, -0.2) is 4.57 Å². The first-order valence-electron chi connectivity index (χ1n) is 11.7. The van der Waals surface area contributed by atoms with Crippen molar-refractivity contribution in [2.24, 2.45) is 0 Å². The maximum Gasteiger partial charge on any atom is 0.205 e. The van der Waals surface area contributed by atoms with E-state index in [0.717, 1.165) is 12.8 Å². The van der Waals surface area contributed by atoms with Crippen molar-refractivity contribution in [1.82, 2.24) is 4.57 Å². The summed E-state index contributed by atoms with van der Waals surface area (Å²) in [5, 5.41) is 0. The van der Waals surface area contributed by atoms with Gasteiger partial charge in [0.1, 0.15) is 12.1 Å². The zero-order valence-corrected chi connectivity index (χ0v) is 18.4. The molecule has 33 heavy (non-hydrogen) atoms. The highest BCUT2D eigenvalue weighted by Crippen LogP contribution is 2.44. The first-order valence-corrected chi connectivity index (χ1v) is 11.7. The Balaban J connectivity index is 1.55. The lowest BCUT2D eigenvalue weighted by atomic mass is 9.85. The zero-order valence-electron chi connectivity index (χ0n) is 18.4. The molecule has 2 aliphatic rings. The fourth-order valence-electron chi connectivity index (χ4n) is 5.75. The Hall–Kier alpha value is -3.91. The quantitative estimate of drug-likeness (QED) is 0.236. The first-order chi connectivity index (χ1) is 16.4. The van der Waals surface area contributed by atoms with Gasteiger partial charge in [-0.15, -0.1) is 0 Å². The van der Waals surface area contributed by atoms with Crippen molar-refractivity contribution in [1.29, 1.82) is 0 Å². The molecule has 0 radical (unpaired) electrons. The van der Waals surface area contributed by atoms with Crippen LogP contribution in [0.25, 0.3) is 22.5 Å². The van der Waals surface area contributed by atoms with Gasteiger partial charge >= 0.3 is 0 Å². The van der Waals surface area contributed by atoms with Crippen LogP contribution < -0.4 is 4.57 Å². The van der Waals surface area contributed by atoms with Crippen LogP contribution in [0.15, 0.2) is 109 Å². The first kappa shape index (κ1) is 18.6. The SMILES string of the molecule is [c-]1n2c(c3[n+]1[C@H](c1ccccc1)Cc1ccccc1-3)-c1ccccc1C[C@H]2c1ccccc1. The molecular weight excluding hydrogens is 400 g/mol. The van der Waals surface area contributed by atoms with Gasteiger partial charge in [0.25, 0.3) is 0 Å². The molecule has 0 saturated carbocycles. The van der Waals surface area contributed by atoms with Crippen LogP contribution in [0.2, 0.25) is 0 Å². The summed E-state index contributed by atoms with van der Waals surface area (Å²) in [6.45, 7) is 0. The molecule has 0 fully saturated rings. The van der Waals surface area contributed by atoms with Crippen molar-refractivity contribution in [2.75, 3.05) is 0 Å². The van der Waals surface area contributed by atoms with Crippen LogP contribution in [0.5, 0.6) is 0 Å². The number of benzene rings is 4. The third-order valence-electron chi connectivity index (χ3n) is 7.29. The van der Waals surface area contributed by atoms with Gasteiger partial charge in [0.2, 0.25) is 6.33 Å². The van der Waals surface area contributed by atoms with Gasteiger partial charge < -0.3 is 9.13 Å². The predicted octanol–water partition coefficient (Wildman–Crippen LogP) is 6.20. The summed E-state index contributed by atoms with van der Waals surface area (Å²) < 4.78 is 4.84. The number of hydrogen-bond acceptors (Lipinski definition) is 0. The van der Waals surface area contributed by atoms with E-state index >= 15 is 0 Å². The molecule has 0 N–H and O–H groups in total. The van der Waals surface area contributed by atoms with E-state index in [1.54, 1.807) is 0 Å². The fourth-order valence-corrected chi connectivity index (χ4v) is 5.75. The summed E-state index contributed by atoms with van der Waals surface area (Å²) in [6.07, 6.45) is 5.83. The minimum Gasteiger partial charge on any atom is -0.337 e. The van der Waals surface area contributed by atoms with Crippen LogP contribution in [0, 0.1) is 6.33 Å². The molecule has 0 saturated heterocycles. The monoisotopic (exact) mass is 424 g/mol. The summed E-state index contributed by atoms with van der Waals surface area (Å²) in [5.41, 5.74) is 10.7. The fraction of sp³-hybridized carbons (Fsp3) is 0.129. The van der Waals surface area contributed by atoms with Gasteiger partial charge in [0, 0.05) is 24.2 Å². The molecular formula is C31H24N2. The molecule has 0 unspecified atom stereocenters. The highest BCUT2D eigenvalue weighted by atomic mass is 15.2. The summed E-state index contributed by atoms with van der Waals surface area (Å²) in [4.78, 5) is 0. The predicted molar refractivity (Wildman–Crippen MR) is 131 cm³/mol. The Kier molecular flexibility index (Phi) is 4.13. The van der Waals surface area contributed by atoms with E-state index in [9.17, 15) is 0 Å². The zero-order chi connectivity index (χ0) is 21.8. The smallest absolute Gasteiger partial charge is 0.205 e. The molecule has 3 heterocycles. The molecule has 2 heteroatoms. The van der Waals surface area contributed by atoms with E-state index in [1.165, 1.54) is 44.8 Å². The van der Waals surface area contributed by atoms with Gasteiger partial charge in [-0.2, -0.15) is 0 Å². The van der Waals surface area contributed by atoms with Gasteiger partial charge in [-0.1, -0.05) is 109 Å². The van der Waals surface area contributed by atoms with Crippen LogP contribution in [-0.2, 0) is 12.8 Å². The summed E-state index contributed by atoms with van der Waals surface area (Å²) in [5.74, 6) is 0. The number of imidazole rings is 1. The lowest BCUT2D eigenvalue weighted by molar-refractivity contribution is -0.708. The molecule has 2 atom stereocenters. The summed E-state index contributed by atoms with van der Waals surface area (Å²) in [7, 11) is 0. The van der Waals surface area contributed by atoms with Crippen molar-refractivity contribution in [3.05, 3.63) is 138 Å². The normalized spacial score (nSPS) is 18.1. The van der Waals surface area contributed by atoms with Crippen LogP contribution in [0.4, 0.5) is 0 Å². The van der Waals surface area contributed by atoms with Crippen LogP contribution in [0.1, 0.15) is 34.3 Å². The molecule has 1 aromatic heterocycles. The lowest BCUT2D eigenvalue weighted by Crippen LogP contribution is -2.45. The molecule has 7 rings (SSSR count). The maximum absolute atomic E-state index is 3.87. The number of nitrogens with zero attached hydrogens (tertiary/aromatic N) is 2. The lowest BCUT2D eigenvalue weighted by Gasteiger charge is -2.31. The molecule has 2 aliphatic heterocycles. The minimum atomic E-state index is 0.234. The standard InChI is InChI=1S/C31H24N2/c1-3-11-22(12-4-1)28-19-24-15-7-9-17-26(24)30-31-27-18-10-8-16-25(27)20-29(33(31)21-32(28)30)23-13-5-2-6-14-23/h1-18,28-29H,19-20H2/t28-,29-/m0/s1. The van der Waals surface area contributed by atoms with Gasteiger partial charge in [0.05, 0.1) is 0 Å². The van der Waals surface area contributed by atoms with Gasteiger partial charge in [-0.05, 0) is 33.4 Å². The third kappa shape index (κ3) is 2.84. The second kappa shape index (κ2) is 7.31. The molecule has 4 aromatic carbocycles. The second-order valence-electron chi connectivity index (χ2n) is 9.11. The Morgan fingerprint density at radius 2 is 1.18 bits per heavy atom. The molecule has 0 amide bonds. The number of fused-ring (bicyclic) bond motifs is 7. The molecule has 0 aliphatic carbocycles. The Morgan fingerprint density at radius 3 is 1.91 bits per heavy atom. The largest absolute Gasteiger partial charge is 0.337 e. The van der Waals surface area contributed by atoms with E-state index in [4.69, 9.17) is 0 Å². The van der Waals surface area contributed by atoms with Crippen LogP contribution in [0.3, 0.4) is 0 Å². The van der Waals surface area contributed by atoms with E-state index in [1.807, 2.05) is 0 Å². The number of hydrogen-bond donors (Lipinski definition) is 0.